The maximum absolute atomic E-state index is 12.2. The number of hydrogen-bond acceptors (Lipinski definition) is 3. The maximum atomic E-state index is 12.2. The minimum Gasteiger partial charge on any atom is -0.481 e. The third kappa shape index (κ3) is 4.45. The van der Waals surface area contributed by atoms with Gasteiger partial charge in [0.15, 0.2) is 0 Å². The summed E-state index contributed by atoms with van der Waals surface area (Å²) in [5.74, 6) is -0.666. The molecule has 6 heteroatoms. The van der Waals surface area contributed by atoms with Gasteiger partial charge in [-0.25, -0.2) is 0 Å². The molecule has 1 saturated heterocycles. The predicted octanol–water partition coefficient (Wildman–Crippen LogP) is 1.25. The summed E-state index contributed by atoms with van der Waals surface area (Å²) in [7, 11) is 0. The number of carboxylic acid groups (broad SMARTS) is 1. The van der Waals surface area contributed by atoms with E-state index >= 15 is 0 Å². The Morgan fingerprint density at radius 2 is 1.86 bits per heavy atom. The van der Waals surface area contributed by atoms with E-state index in [1.54, 1.807) is 4.90 Å². The van der Waals surface area contributed by atoms with Crippen molar-refractivity contribution in [3.05, 3.63) is 0 Å². The first kappa shape index (κ1) is 16.8. The van der Waals surface area contributed by atoms with Gasteiger partial charge in [-0.15, -0.1) is 0 Å². The molecule has 2 rings (SSSR count). The third-order valence-corrected chi connectivity index (χ3v) is 4.51. The minimum absolute atomic E-state index is 0.0215. The Hall–Kier alpha value is -1.59. The van der Waals surface area contributed by atoms with Crippen LogP contribution in [0.25, 0.3) is 0 Å². The molecule has 0 aromatic carbocycles. The highest BCUT2D eigenvalue weighted by atomic mass is 16.4. The number of hydrogen-bond donors (Lipinski definition) is 2. The van der Waals surface area contributed by atoms with Gasteiger partial charge in [0.25, 0.3) is 0 Å². The molecule has 0 aromatic rings. The molecular formula is C16H26N2O4. The zero-order valence-corrected chi connectivity index (χ0v) is 13.4. The molecule has 2 aliphatic rings. The van der Waals surface area contributed by atoms with E-state index in [1.807, 2.05) is 13.8 Å². The average Bonchev–Trinajstić information content (AvgIpc) is 3.16. The number of aliphatic carboxylic acids is 1. The molecule has 2 amide bonds. The van der Waals surface area contributed by atoms with Crippen molar-refractivity contribution in [2.45, 2.75) is 52.0 Å². The molecule has 2 fully saturated rings. The van der Waals surface area contributed by atoms with Crippen molar-refractivity contribution >= 4 is 17.8 Å². The Morgan fingerprint density at radius 1 is 1.18 bits per heavy atom. The first-order chi connectivity index (χ1) is 10.4. The molecule has 0 aromatic heterocycles. The summed E-state index contributed by atoms with van der Waals surface area (Å²) in [6.45, 7) is 4.70. The predicted molar refractivity (Wildman–Crippen MR) is 81.0 cm³/mol. The lowest BCUT2D eigenvalue weighted by atomic mass is 9.92. The molecule has 22 heavy (non-hydrogen) atoms. The number of amides is 2. The SMILES string of the molecule is CC(C)NC(=O)CCCC(=O)N1C[C@H](C(=O)O)[C@@H](C2CC2)C1. The number of carbonyl (C=O) groups is 3. The fraction of sp³-hybridized carbons (Fsp3) is 0.812. The zero-order chi connectivity index (χ0) is 16.3. The van der Waals surface area contributed by atoms with Crippen LogP contribution in [0.15, 0.2) is 0 Å². The number of nitrogens with one attached hydrogen (secondary N) is 1. The molecule has 124 valence electrons. The summed E-state index contributed by atoms with van der Waals surface area (Å²) in [5, 5.41) is 12.1. The van der Waals surface area contributed by atoms with E-state index in [2.05, 4.69) is 5.32 Å². The molecule has 1 aliphatic heterocycles. The van der Waals surface area contributed by atoms with Crippen molar-refractivity contribution in [1.82, 2.24) is 10.2 Å². The van der Waals surface area contributed by atoms with Crippen molar-refractivity contribution in [3.8, 4) is 0 Å². The van der Waals surface area contributed by atoms with Crippen molar-refractivity contribution in [2.24, 2.45) is 17.8 Å². The van der Waals surface area contributed by atoms with Gasteiger partial charge in [-0.05, 0) is 44.9 Å². The van der Waals surface area contributed by atoms with Crippen molar-refractivity contribution in [1.29, 1.82) is 0 Å². The number of nitrogens with zero attached hydrogens (tertiary/aromatic N) is 1. The van der Waals surface area contributed by atoms with E-state index in [0.717, 1.165) is 12.8 Å². The van der Waals surface area contributed by atoms with Crippen LogP contribution in [0.2, 0.25) is 0 Å². The second-order valence-corrected chi connectivity index (χ2v) is 6.82. The highest BCUT2D eigenvalue weighted by molar-refractivity contribution is 5.80. The van der Waals surface area contributed by atoms with Gasteiger partial charge in [-0.2, -0.15) is 0 Å². The largest absolute Gasteiger partial charge is 0.481 e. The van der Waals surface area contributed by atoms with E-state index in [4.69, 9.17) is 0 Å². The normalized spacial score (nSPS) is 24.6. The number of rotatable bonds is 7. The minimum atomic E-state index is -0.788. The average molecular weight is 310 g/mol. The summed E-state index contributed by atoms with van der Waals surface area (Å²) >= 11 is 0. The van der Waals surface area contributed by atoms with E-state index in [1.165, 1.54) is 0 Å². The monoisotopic (exact) mass is 310 g/mol. The van der Waals surface area contributed by atoms with Crippen LogP contribution in [0.1, 0.15) is 46.0 Å². The second-order valence-electron chi connectivity index (χ2n) is 6.82. The van der Waals surface area contributed by atoms with Gasteiger partial charge in [0.2, 0.25) is 11.8 Å². The van der Waals surface area contributed by atoms with Crippen LogP contribution in [0.4, 0.5) is 0 Å². The highest BCUT2D eigenvalue weighted by Gasteiger charge is 2.46. The van der Waals surface area contributed by atoms with Gasteiger partial charge in [0.1, 0.15) is 0 Å². The van der Waals surface area contributed by atoms with Gasteiger partial charge in [-0.3, -0.25) is 14.4 Å². The molecule has 0 bridgehead atoms. The molecule has 1 saturated carbocycles. The Bertz CT molecular complexity index is 445. The van der Waals surface area contributed by atoms with Crippen molar-refractivity contribution < 1.29 is 19.5 Å². The molecular weight excluding hydrogens is 284 g/mol. The maximum Gasteiger partial charge on any atom is 0.308 e. The van der Waals surface area contributed by atoms with Crippen molar-refractivity contribution in [2.75, 3.05) is 13.1 Å². The van der Waals surface area contributed by atoms with Gasteiger partial charge < -0.3 is 15.3 Å². The quantitative estimate of drug-likeness (QED) is 0.741. The van der Waals surface area contributed by atoms with E-state index in [0.29, 0.717) is 38.3 Å². The summed E-state index contributed by atoms with van der Waals surface area (Å²) < 4.78 is 0. The number of likely N-dealkylation sites (tertiary alicyclic amines) is 1. The molecule has 1 aliphatic carbocycles. The number of carboxylic acids is 1. The van der Waals surface area contributed by atoms with Crippen LogP contribution < -0.4 is 5.32 Å². The Morgan fingerprint density at radius 3 is 2.41 bits per heavy atom. The molecule has 2 atom stereocenters. The topological polar surface area (TPSA) is 86.7 Å². The summed E-state index contributed by atoms with van der Waals surface area (Å²) in [4.78, 5) is 36.8. The molecule has 6 nitrogen and oxygen atoms in total. The lowest BCUT2D eigenvalue weighted by Gasteiger charge is -2.16. The van der Waals surface area contributed by atoms with Crippen LogP contribution in [-0.2, 0) is 14.4 Å². The highest BCUT2D eigenvalue weighted by Crippen LogP contribution is 2.44. The van der Waals surface area contributed by atoms with Gasteiger partial charge in [0.05, 0.1) is 5.92 Å². The van der Waals surface area contributed by atoms with Crippen LogP contribution in [0.5, 0.6) is 0 Å². The lowest BCUT2D eigenvalue weighted by Crippen LogP contribution is -2.31. The summed E-state index contributed by atoms with van der Waals surface area (Å²) in [6.07, 6.45) is 3.35. The first-order valence-electron chi connectivity index (χ1n) is 8.18. The Balaban J connectivity index is 1.76. The van der Waals surface area contributed by atoms with E-state index in [9.17, 15) is 19.5 Å². The zero-order valence-electron chi connectivity index (χ0n) is 13.4. The van der Waals surface area contributed by atoms with Gasteiger partial charge >= 0.3 is 5.97 Å². The summed E-state index contributed by atoms with van der Waals surface area (Å²) in [6, 6.07) is 0.109. The van der Waals surface area contributed by atoms with Crippen molar-refractivity contribution in [3.63, 3.8) is 0 Å². The van der Waals surface area contributed by atoms with Crippen LogP contribution in [-0.4, -0.2) is 46.9 Å². The fourth-order valence-electron chi connectivity index (χ4n) is 3.25. The van der Waals surface area contributed by atoms with Crippen LogP contribution >= 0.6 is 0 Å². The molecule has 1 heterocycles. The fourth-order valence-corrected chi connectivity index (χ4v) is 3.25. The van der Waals surface area contributed by atoms with Crippen LogP contribution in [0, 0.1) is 17.8 Å². The Labute approximate surface area is 131 Å². The van der Waals surface area contributed by atoms with Gasteiger partial charge in [0, 0.05) is 32.0 Å². The smallest absolute Gasteiger partial charge is 0.308 e. The first-order valence-corrected chi connectivity index (χ1v) is 8.18. The molecule has 0 unspecified atom stereocenters. The van der Waals surface area contributed by atoms with Gasteiger partial charge in [-0.1, -0.05) is 0 Å². The van der Waals surface area contributed by atoms with Crippen LogP contribution in [0.3, 0.4) is 0 Å². The Kier molecular flexibility index (Phi) is 5.42. The molecule has 2 N–H and O–H groups in total. The lowest BCUT2D eigenvalue weighted by molar-refractivity contribution is -0.142. The third-order valence-electron chi connectivity index (χ3n) is 4.51. The van der Waals surface area contributed by atoms with E-state index in [-0.39, 0.29) is 23.8 Å². The molecule has 0 radical (unpaired) electrons. The summed E-state index contributed by atoms with van der Waals surface area (Å²) in [5.41, 5.74) is 0. The standard InChI is InChI=1S/C16H26N2O4/c1-10(2)17-14(19)4-3-5-15(20)18-8-12(11-6-7-11)13(9-18)16(21)22/h10-13H,3-9H2,1-2H3,(H,17,19)(H,21,22)/t12-,13+/m1/s1. The van der Waals surface area contributed by atoms with E-state index < -0.39 is 11.9 Å². The molecule has 0 spiro atoms. The second kappa shape index (κ2) is 7.11. The number of carbonyl (C=O) groups excluding carboxylic acids is 2.